The van der Waals surface area contributed by atoms with Gasteiger partial charge in [0.15, 0.2) is 0 Å². The third kappa shape index (κ3) is 4.26. The molecule has 1 aliphatic rings. The van der Waals surface area contributed by atoms with Gasteiger partial charge in [0.05, 0.1) is 0 Å². The Balaban J connectivity index is 1.68. The molecule has 2 aromatic rings. The van der Waals surface area contributed by atoms with E-state index in [-0.39, 0.29) is 0 Å². The first kappa shape index (κ1) is 18.1. The van der Waals surface area contributed by atoms with Crippen LogP contribution < -0.4 is 10.6 Å². The molecule has 5 heteroatoms. The lowest BCUT2D eigenvalue weighted by molar-refractivity contribution is 0.496. The number of hydrogen-bond acceptors (Lipinski definition) is 3. The van der Waals surface area contributed by atoms with Crippen LogP contribution in [0, 0.1) is 12.8 Å². The van der Waals surface area contributed by atoms with E-state index in [1.54, 1.807) is 0 Å². The predicted molar refractivity (Wildman–Crippen MR) is 110 cm³/mol. The molecule has 136 valence electrons. The third-order valence-corrected chi connectivity index (χ3v) is 8.76. The molecule has 1 fully saturated rings. The molecule has 0 saturated carbocycles. The minimum absolute atomic E-state index is 0.791. The molecule has 3 rings (SSSR count). The molecule has 2 unspecified atom stereocenters. The normalized spacial score (nSPS) is 19.4. The molecule has 0 radical (unpaired) electrons. The number of H-pyrrole nitrogens is 1. The molecule has 1 aliphatic heterocycles. The van der Waals surface area contributed by atoms with E-state index < -0.39 is 8.07 Å². The number of nitrogens with one attached hydrogen (secondary N) is 1. The lowest BCUT2D eigenvalue weighted by Gasteiger charge is -2.34. The van der Waals surface area contributed by atoms with Crippen LogP contribution in [0.2, 0.25) is 25.2 Å². The number of aromatic amines is 1. The highest BCUT2D eigenvalue weighted by Crippen LogP contribution is 2.40. The zero-order valence-corrected chi connectivity index (χ0v) is 17.0. The number of imidazole rings is 1. The maximum atomic E-state index is 5.98. The molecule has 2 heterocycles. The van der Waals surface area contributed by atoms with Crippen molar-refractivity contribution >= 4 is 19.4 Å². The maximum absolute atomic E-state index is 5.98. The molecule has 25 heavy (non-hydrogen) atoms. The van der Waals surface area contributed by atoms with Gasteiger partial charge in [-0.3, -0.25) is 0 Å². The summed E-state index contributed by atoms with van der Waals surface area (Å²) >= 11 is 0. The van der Waals surface area contributed by atoms with E-state index in [9.17, 15) is 0 Å². The van der Waals surface area contributed by atoms with Gasteiger partial charge in [-0.05, 0) is 55.0 Å². The van der Waals surface area contributed by atoms with E-state index in [1.807, 2.05) is 18.5 Å². The Morgan fingerprint density at radius 3 is 2.80 bits per heavy atom. The Kier molecular flexibility index (Phi) is 5.23. The van der Waals surface area contributed by atoms with Gasteiger partial charge in [0.25, 0.3) is 0 Å². The molecule has 2 atom stereocenters. The van der Waals surface area contributed by atoms with Crippen LogP contribution in [0.5, 0.6) is 0 Å². The topological polar surface area (TPSA) is 57.9 Å². The lowest BCUT2D eigenvalue weighted by Crippen LogP contribution is -2.35. The summed E-state index contributed by atoms with van der Waals surface area (Å²) in [5.41, 5.74) is 10.2. The summed E-state index contributed by atoms with van der Waals surface area (Å²) in [5, 5.41) is 0. The fourth-order valence-corrected chi connectivity index (χ4v) is 7.01. The molecular weight excluding hydrogens is 324 g/mol. The van der Waals surface area contributed by atoms with Crippen LogP contribution in [0.15, 0.2) is 30.6 Å². The van der Waals surface area contributed by atoms with Crippen LogP contribution in [0.25, 0.3) is 0 Å². The van der Waals surface area contributed by atoms with Crippen molar-refractivity contribution in [3.63, 3.8) is 0 Å². The molecule has 1 aromatic heterocycles. The third-order valence-electron chi connectivity index (χ3n) is 5.77. The Morgan fingerprint density at radius 1 is 1.36 bits per heavy atom. The minimum atomic E-state index is -1.22. The van der Waals surface area contributed by atoms with Crippen LogP contribution in [0.1, 0.15) is 24.2 Å². The molecule has 1 aromatic carbocycles. The zero-order valence-electron chi connectivity index (χ0n) is 16.0. The number of aromatic nitrogens is 2. The quantitative estimate of drug-likeness (QED) is 0.593. The van der Waals surface area contributed by atoms with E-state index in [0.29, 0.717) is 0 Å². The second-order valence-electron chi connectivity index (χ2n) is 8.58. The molecule has 1 saturated heterocycles. The summed E-state index contributed by atoms with van der Waals surface area (Å²) in [7, 11) is -1.22. The van der Waals surface area contributed by atoms with Crippen molar-refractivity contribution in [3.05, 3.63) is 42.0 Å². The Hall–Kier alpha value is -1.75. The molecule has 0 amide bonds. The van der Waals surface area contributed by atoms with E-state index in [2.05, 4.69) is 53.6 Å². The first-order valence-corrected chi connectivity index (χ1v) is 13.0. The monoisotopic (exact) mass is 356 g/mol. The fourth-order valence-electron chi connectivity index (χ4n) is 4.31. The lowest BCUT2D eigenvalue weighted by atomic mass is 10.00. The van der Waals surface area contributed by atoms with Gasteiger partial charge < -0.3 is 15.6 Å². The Bertz CT molecular complexity index is 690. The number of benzene rings is 1. The zero-order chi connectivity index (χ0) is 18.0. The SMILES string of the molecule is Cc1cc(N2CCC(C(CCc3ncc[nH]3)[Si](C)(C)C)C2)ccc1N. The number of anilines is 2. The Labute approximate surface area is 152 Å². The van der Waals surface area contributed by atoms with Crippen LogP contribution in [0.4, 0.5) is 11.4 Å². The number of nitrogens with two attached hydrogens (primary N) is 1. The van der Waals surface area contributed by atoms with E-state index in [1.165, 1.54) is 30.6 Å². The van der Waals surface area contributed by atoms with Crippen LogP contribution >= 0.6 is 0 Å². The van der Waals surface area contributed by atoms with Gasteiger partial charge in [-0.1, -0.05) is 19.6 Å². The highest BCUT2D eigenvalue weighted by molar-refractivity contribution is 6.77. The molecular formula is C20H32N4Si. The number of hydrogen-bond donors (Lipinski definition) is 2. The average Bonchev–Trinajstić information content (AvgIpc) is 3.21. The molecule has 0 aliphatic carbocycles. The first-order valence-electron chi connectivity index (χ1n) is 9.44. The van der Waals surface area contributed by atoms with Crippen LogP contribution in [0.3, 0.4) is 0 Å². The van der Waals surface area contributed by atoms with Crippen molar-refractivity contribution in [1.82, 2.24) is 9.97 Å². The van der Waals surface area contributed by atoms with E-state index in [0.717, 1.165) is 35.9 Å². The van der Waals surface area contributed by atoms with Gasteiger partial charge in [0.1, 0.15) is 5.82 Å². The van der Waals surface area contributed by atoms with E-state index in [4.69, 9.17) is 5.73 Å². The summed E-state index contributed by atoms with van der Waals surface area (Å²) in [5.74, 6) is 1.92. The number of nitrogen functional groups attached to an aromatic ring is 1. The van der Waals surface area contributed by atoms with Gasteiger partial charge in [0.2, 0.25) is 0 Å². The summed E-state index contributed by atoms with van der Waals surface area (Å²) in [6.45, 7) is 12.0. The summed E-state index contributed by atoms with van der Waals surface area (Å²) in [6, 6.07) is 6.46. The smallest absolute Gasteiger partial charge is 0.105 e. The summed E-state index contributed by atoms with van der Waals surface area (Å²) in [4.78, 5) is 10.2. The van der Waals surface area contributed by atoms with Crippen molar-refractivity contribution in [3.8, 4) is 0 Å². The summed E-state index contributed by atoms with van der Waals surface area (Å²) in [6.07, 6.45) is 7.41. The predicted octanol–water partition coefficient (Wildman–Crippen LogP) is 4.47. The maximum Gasteiger partial charge on any atom is 0.105 e. The van der Waals surface area contributed by atoms with Crippen molar-refractivity contribution in [2.75, 3.05) is 23.7 Å². The first-order chi connectivity index (χ1) is 11.8. The van der Waals surface area contributed by atoms with Gasteiger partial charge in [-0.15, -0.1) is 0 Å². The van der Waals surface area contributed by atoms with Crippen molar-refractivity contribution < 1.29 is 0 Å². The standard InChI is InChI=1S/C20H32N4Si/c1-15-13-17(5-6-18(15)21)24-12-9-16(14-24)19(25(2,3)4)7-8-20-22-10-11-23-20/h5-6,10-11,13,16,19H,7-9,12,14,21H2,1-4H3,(H,22,23). The average molecular weight is 357 g/mol. The van der Waals surface area contributed by atoms with Crippen LogP contribution in [-0.2, 0) is 6.42 Å². The fraction of sp³-hybridized carbons (Fsp3) is 0.550. The van der Waals surface area contributed by atoms with Gasteiger partial charge in [-0.2, -0.15) is 0 Å². The highest BCUT2D eigenvalue weighted by Gasteiger charge is 2.37. The second-order valence-corrected chi connectivity index (χ2v) is 14.1. The van der Waals surface area contributed by atoms with Crippen molar-refractivity contribution in [2.24, 2.45) is 5.92 Å². The van der Waals surface area contributed by atoms with Crippen molar-refractivity contribution in [1.29, 1.82) is 0 Å². The second kappa shape index (κ2) is 7.24. The van der Waals surface area contributed by atoms with Crippen molar-refractivity contribution in [2.45, 2.75) is 51.4 Å². The van der Waals surface area contributed by atoms with Gasteiger partial charge >= 0.3 is 0 Å². The number of aryl methyl sites for hydroxylation is 2. The summed E-state index contributed by atoms with van der Waals surface area (Å²) < 4.78 is 0. The highest BCUT2D eigenvalue weighted by atomic mass is 28.3. The minimum Gasteiger partial charge on any atom is -0.399 e. The Morgan fingerprint density at radius 2 is 2.16 bits per heavy atom. The van der Waals surface area contributed by atoms with Gasteiger partial charge in [0, 0.05) is 51.4 Å². The largest absolute Gasteiger partial charge is 0.399 e. The molecule has 3 N–H and O–H groups in total. The number of nitrogens with zero attached hydrogens (tertiary/aromatic N) is 2. The number of rotatable bonds is 6. The van der Waals surface area contributed by atoms with E-state index >= 15 is 0 Å². The molecule has 0 spiro atoms. The van der Waals surface area contributed by atoms with Crippen LogP contribution in [-0.4, -0.2) is 31.1 Å². The van der Waals surface area contributed by atoms with Gasteiger partial charge in [-0.25, -0.2) is 4.98 Å². The molecule has 0 bridgehead atoms. The molecule has 4 nitrogen and oxygen atoms in total.